The molecular weight excluding hydrogens is 575 g/mol. The van der Waals surface area contributed by atoms with Gasteiger partial charge < -0.3 is 22.8 Å². The van der Waals surface area contributed by atoms with Crippen molar-refractivity contribution in [1.82, 2.24) is 4.90 Å². The molecule has 2 heterocycles. The van der Waals surface area contributed by atoms with Crippen LogP contribution in [0.3, 0.4) is 0 Å². The van der Waals surface area contributed by atoms with Gasteiger partial charge in [-0.05, 0) is 94.1 Å². The van der Waals surface area contributed by atoms with Crippen LogP contribution in [0.25, 0.3) is 0 Å². The lowest BCUT2D eigenvalue weighted by Gasteiger charge is -2.54. The van der Waals surface area contributed by atoms with E-state index in [-0.39, 0.29) is 39.5 Å². The standard InChI is InChI=1S/C33H69NO5Si3/c1-30(2,3)40(12,13)35-22-24(23-36-41(14,15)31(4,5)6)34-20-18-19-25-26(34)21-27(39-42(16,17)32(7,8)9)29-28(25)37-33(10,11)38-29/h24-29H,18-23H2,1-17H3/t25-,26+,27-,28+,29+/m0/s1. The molecule has 3 rings (SSSR count). The van der Waals surface area contributed by atoms with Crippen molar-refractivity contribution >= 4 is 25.0 Å². The quantitative estimate of drug-likeness (QED) is 0.234. The van der Waals surface area contributed by atoms with Gasteiger partial charge in [-0.2, -0.15) is 0 Å². The maximum atomic E-state index is 7.20. The van der Waals surface area contributed by atoms with Crippen LogP contribution in [-0.2, 0) is 22.8 Å². The van der Waals surface area contributed by atoms with E-state index in [1.54, 1.807) is 0 Å². The zero-order valence-electron chi connectivity index (χ0n) is 30.7. The molecule has 248 valence electrons. The minimum Gasteiger partial charge on any atom is -0.415 e. The minimum absolute atomic E-state index is 0.0132. The molecule has 0 unspecified atom stereocenters. The molecule has 9 heteroatoms. The van der Waals surface area contributed by atoms with Crippen LogP contribution < -0.4 is 0 Å². The Morgan fingerprint density at radius 3 is 1.64 bits per heavy atom. The van der Waals surface area contributed by atoms with Crippen LogP contribution in [0.1, 0.15) is 95.4 Å². The number of hydrogen-bond donors (Lipinski definition) is 0. The summed E-state index contributed by atoms with van der Waals surface area (Å²) in [6.45, 7) is 41.9. The summed E-state index contributed by atoms with van der Waals surface area (Å²) >= 11 is 0. The van der Waals surface area contributed by atoms with Crippen molar-refractivity contribution in [2.75, 3.05) is 19.8 Å². The number of rotatable bonds is 9. The number of fused-ring (bicyclic) bond motifs is 3. The van der Waals surface area contributed by atoms with Crippen LogP contribution in [0.2, 0.25) is 54.4 Å². The van der Waals surface area contributed by atoms with Gasteiger partial charge in [-0.25, -0.2) is 0 Å². The highest BCUT2D eigenvalue weighted by Gasteiger charge is 2.58. The predicted octanol–water partition coefficient (Wildman–Crippen LogP) is 8.79. The lowest BCUT2D eigenvalue weighted by atomic mass is 9.73. The monoisotopic (exact) mass is 643 g/mol. The van der Waals surface area contributed by atoms with Crippen molar-refractivity contribution in [3.05, 3.63) is 0 Å². The molecule has 3 fully saturated rings. The van der Waals surface area contributed by atoms with Crippen LogP contribution in [0.5, 0.6) is 0 Å². The van der Waals surface area contributed by atoms with Gasteiger partial charge in [-0.3, -0.25) is 4.90 Å². The summed E-state index contributed by atoms with van der Waals surface area (Å²) in [7, 11) is -5.87. The molecule has 0 aromatic heterocycles. The summed E-state index contributed by atoms with van der Waals surface area (Å²) in [6, 6.07) is 0.574. The second-order valence-electron chi connectivity index (χ2n) is 18.6. The van der Waals surface area contributed by atoms with Gasteiger partial charge in [0, 0.05) is 12.0 Å². The van der Waals surface area contributed by atoms with Crippen LogP contribution in [0.4, 0.5) is 0 Å². The van der Waals surface area contributed by atoms with Gasteiger partial charge in [0.2, 0.25) is 0 Å². The molecule has 0 spiro atoms. The van der Waals surface area contributed by atoms with Gasteiger partial charge in [-0.1, -0.05) is 62.3 Å². The van der Waals surface area contributed by atoms with Gasteiger partial charge in [0.05, 0.1) is 31.5 Å². The average molecular weight is 644 g/mol. The van der Waals surface area contributed by atoms with Crippen LogP contribution in [-0.4, -0.2) is 85.8 Å². The second-order valence-corrected chi connectivity index (χ2v) is 33.0. The van der Waals surface area contributed by atoms with Crippen molar-refractivity contribution in [3.8, 4) is 0 Å². The Morgan fingerprint density at radius 2 is 1.19 bits per heavy atom. The zero-order chi connectivity index (χ0) is 32.3. The normalized spacial score (nSPS) is 30.0. The highest BCUT2D eigenvalue weighted by Crippen LogP contribution is 2.49. The van der Waals surface area contributed by atoms with Crippen molar-refractivity contribution < 1.29 is 22.8 Å². The summed E-state index contributed by atoms with van der Waals surface area (Å²) in [5.41, 5.74) is 0. The third kappa shape index (κ3) is 8.03. The molecule has 0 N–H and O–H groups in total. The van der Waals surface area contributed by atoms with Gasteiger partial charge in [-0.15, -0.1) is 0 Å². The van der Waals surface area contributed by atoms with Gasteiger partial charge in [0.25, 0.3) is 0 Å². The van der Waals surface area contributed by atoms with Crippen LogP contribution >= 0.6 is 0 Å². The fourth-order valence-electron chi connectivity index (χ4n) is 6.02. The first kappa shape index (κ1) is 36.9. The number of likely N-dealkylation sites (tertiary alicyclic amines) is 1. The molecule has 0 radical (unpaired) electrons. The summed E-state index contributed by atoms with van der Waals surface area (Å²) in [5, 5.41) is 0.475. The van der Waals surface area contributed by atoms with E-state index in [4.69, 9.17) is 22.8 Å². The maximum absolute atomic E-state index is 7.20. The molecule has 2 saturated heterocycles. The molecule has 3 aliphatic rings. The highest BCUT2D eigenvalue weighted by atomic mass is 28.4. The zero-order valence-corrected chi connectivity index (χ0v) is 33.7. The lowest BCUT2D eigenvalue weighted by Crippen LogP contribution is -2.64. The Kier molecular flexibility index (Phi) is 10.7. The van der Waals surface area contributed by atoms with Gasteiger partial charge >= 0.3 is 0 Å². The van der Waals surface area contributed by atoms with E-state index < -0.39 is 30.7 Å². The third-order valence-electron chi connectivity index (χ3n) is 11.9. The van der Waals surface area contributed by atoms with Gasteiger partial charge in [0.1, 0.15) is 6.10 Å². The second kappa shape index (κ2) is 12.2. The van der Waals surface area contributed by atoms with E-state index >= 15 is 0 Å². The van der Waals surface area contributed by atoms with Crippen molar-refractivity contribution in [2.45, 2.75) is 186 Å². The number of nitrogens with zero attached hydrogens (tertiary/aromatic N) is 1. The van der Waals surface area contributed by atoms with Crippen molar-refractivity contribution in [3.63, 3.8) is 0 Å². The maximum Gasteiger partial charge on any atom is 0.192 e. The number of ether oxygens (including phenoxy) is 2. The Hall–Kier alpha value is 0.411. The van der Waals surface area contributed by atoms with E-state index in [0.29, 0.717) is 12.0 Å². The number of hydrogen-bond acceptors (Lipinski definition) is 6. The van der Waals surface area contributed by atoms with E-state index in [2.05, 4.69) is 120 Å². The molecule has 1 saturated carbocycles. The first-order chi connectivity index (χ1) is 18.7. The molecule has 0 bridgehead atoms. The highest BCUT2D eigenvalue weighted by molar-refractivity contribution is 6.75. The van der Waals surface area contributed by atoms with Crippen LogP contribution in [0, 0.1) is 5.92 Å². The fourth-order valence-corrected chi connectivity index (χ4v) is 9.45. The molecule has 5 atom stereocenters. The van der Waals surface area contributed by atoms with E-state index in [9.17, 15) is 0 Å². The smallest absolute Gasteiger partial charge is 0.192 e. The molecule has 0 aromatic rings. The molecule has 2 aliphatic heterocycles. The SMILES string of the molecule is CC1(C)O[C@@H]2[C@H]3CCCN(C(CO[Si](C)(C)C(C)(C)C)CO[Si](C)(C)C(C)(C)C)[C@@H]3C[C@H](O[Si](C)(C)C(C)(C)C)[C@H]2O1. The topological polar surface area (TPSA) is 49.4 Å². The van der Waals surface area contributed by atoms with E-state index in [1.807, 2.05) is 0 Å². The Balaban J connectivity index is 1.96. The first-order valence-corrected chi connectivity index (χ1v) is 25.5. The minimum atomic E-state index is -2.02. The molecule has 1 aliphatic carbocycles. The van der Waals surface area contributed by atoms with Gasteiger partial charge in [0.15, 0.2) is 30.7 Å². The molecule has 42 heavy (non-hydrogen) atoms. The Bertz CT molecular complexity index is 888. The average Bonchev–Trinajstić information content (AvgIpc) is 3.12. The summed E-state index contributed by atoms with van der Waals surface area (Å²) in [4.78, 5) is 2.77. The fraction of sp³-hybridized carbons (Fsp3) is 1.00. The number of piperidine rings is 1. The Morgan fingerprint density at radius 1 is 0.738 bits per heavy atom. The molecule has 0 amide bonds. The summed E-state index contributed by atoms with van der Waals surface area (Å²) < 4.78 is 34.5. The largest absolute Gasteiger partial charge is 0.415 e. The molecule has 6 nitrogen and oxygen atoms in total. The van der Waals surface area contributed by atoms with E-state index in [0.717, 1.165) is 26.2 Å². The first-order valence-electron chi connectivity index (χ1n) is 16.8. The summed E-state index contributed by atoms with van der Waals surface area (Å²) in [5.74, 6) is -0.161. The van der Waals surface area contributed by atoms with Crippen LogP contribution in [0.15, 0.2) is 0 Å². The van der Waals surface area contributed by atoms with Crippen molar-refractivity contribution in [2.24, 2.45) is 5.92 Å². The Labute approximate surface area is 263 Å². The third-order valence-corrected chi connectivity index (χ3v) is 25.4. The molecule has 0 aromatic carbocycles. The van der Waals surface area contributed by atoms with Crippen molar-refractivity contribution in [1.29, 1.82) is 0 Å². The predicted molar refractivity (Wildman–Crippen MR) is 184 cm³/mol. The summed E-state index contributed by atoms with van der Waals surface area (Å²) in [6.07, 6.45) is 3.39. The molecular formula is C33H69NO5Si3. The van der Waals surface area contributed by atoms with E-state index in [1.165, 1.54) is 12.8 Å². The lowest BCUT2D eigenvalue weighted by molar-refractivity contribution is -0.154.